The number of nitrogens with zero attached hydrogens (tertiary/aromatic N) is 1. The van der Waals surface area contributed by atoms with Gasteiger partial charge < -0.3 is 15.5 Å². The van der Waals surface area contributed by atoms with Gasteiger partial charge in [-0.25, -0.2) is 0 Å². The van der Waals surface area contributed by atoms with Gasteiger partial charge in [0.25, 0.3) is 0 Å². The average molecular weight is 373 g/mol. The van der Waals surface area contributed by atoms with Crippen molar-refractivity contribution in [3.63, 3.8) is 0 Å². The molecule has 1 aliphatic rings. The van der Waals surface area contributed by atoms with Crippen molar-refractivity contribution < 1.29 is 9.59 Å². The van der Waals surface area contributed by atoms with Crippen molar-refractivity contribution in [3.8, 4) is 0 Å². The first kappa shape index (κ1) is 18.0. The minimum absolute atomic E-state index is 0.0577. The second kappa shape index (κ2) is 7.35. The van der Waals surface area contributed by atoms with E-state index in [2.05, 4.69) is 10.6 Å². The normalized spacial score (nSPS) is 13.9. The van der Waals surface area contributed by atoms with E-state index in [-0.39, 0.29) is 11.8 Å². The Bertz CT molecular complexity index is 1060. The Morgan fingerprint density at radius 3 is 2.64 bits per heavy atom. The molecule has 3 aromatic carbocycles. The third kappa shape index (κ3) is 3.43. The Kier molecular flexibility index (Phi) is 4.74. The topological polar surface area (TPSA) is 61.4 Å². The fourth-order valence-electron chi connectivity index (χ4n) is 3.71. The average Bonchev–Trinajstić information content (AvgIpc) is 3.11. The molecule has 28 heavy (non-hydrogen) atoms. The highest BCUT2D eigenvalue weighted by Crippen LogP contribution is 2.31. The maximum atomic E-state index is 12.7. The molecule has 0 aromatic heterocycles. The summed E-state index contributed by atoms with van der Waals surface area (Å²) in [6.07, 6.45) is 0.834. The molecule has 3 aromatic rings. The number of carbonyl (C=O) groups is 2. The Morgan fingerprint density at radius 1 is 1.04 bits per heavy atom. The summed E-state index contributed by atoms with van der Waals surface area (Å²) in [5.41, 5.74) is 3.78. The molecule has 1 aliphatic heterocycles. The van der Waals surface area contributed by atoms with Gasteiger partial charge in [-0.15, -0.1) is 0 Å². The second-order valence-electron chi connectivity index (χ2n) is 7.15. The quantitative estimate of drug-likeness (QED) is 0.721. The van der Waals surface area contributed by atoms with E-state index in [4.69, 9.17) is 0 Å². The van der Waals surface area contributed by atoms with Gasteiger partial charge in [-0.2, -0.15) is 0 Å². The SMILES string of the molecule is CC(=O)N1CCc2cc(NC(C)C(=O)Nc3cccc4ccccc34)ccc21. The van der Waals surface area contributed by atoms with Crippen LogP contribution in [0.4, 0.5) is 17.1 Å². The van der Waals surface area contributed by atoms with Gasteiger partial charge in [0.1, 0.15) is 6.04 Å². The maximum Gasteiger partial charge on any atom is 0.246 e. The largest absolute Gasteiger partial charge is 0.374 e. The zero-order chi connectivity index (χ0) is 19.7. The van der Waals surface area contributed by atoms with Gasteiger partial charge in [0.2, 0.25) is 11.8 Å². The van der Waals surface area contributed by atoms with Crippen LogP contribution in [0.25, 0.3) is 10.8 Å². The molecule has 0 spiro atoms. The number of hydrogen-bond acceptors (Lipinski definition) is 3. The van der Waals surface area contributed by atoms with E-state index in [1.165, 1.54) is 0 Å². The van der Waals surface area contributed by atoms with Crippen LogP contribution in [0.15, 0.2) is 60.7 Å². The molecule has 2 amide bonds. The molecule has 0 aliphatic carbocycles. The highest BCUT2D eigenvalue weighted by Gasteiger charge is 2.22. The second-order valence-corrected chi connectivity index (χ2v) is 7.15. The van der Waals surface area contributed by atoms with Crippen LogP contribution >= 0.6 is 0 Å². The standard InChI is InChI=1S/C23H23N3O2/c1-15(23(28)25-21-9-5-7-17-6-3-4-8-20(17)21)24-19-10-11-22-18(14-19)12-13-26(22)16(2)27/h3-11,14-15,24H,12-13H2,1-2H3,(H,25,28). The fraction of sp³-hybridized carbons (Fsp3) is 0.217. The lowest BCUT2D eigenvalue weighted by molar-refractivity contribution is -0.117. The van der Waals surface area contributed by atoms with Crippen LogP contribution < -0.4 is 15.5 Å². The summed E-state index contributed by atoms with van der Waals surface area (Å²) in [4.78, 5) is 26.2. The predicted octanol–water partition coefficient (Wildman–Crippen LogP) is 4.19. The van der Waals surface area contributed by atoms with Gasteiger partial charge in [0.05, 0.1) is 0 Å². The van der Waals surface area contributed by atoms with E-state index in [1.807, 2.05) is 67.6 Å². The lowest BCUT2D eigenvalue weighted by Gasteiger charge is -2.18. The minimum Gasteiger partial charge on any atom is -0.374 e. The molecule has 4 rings (SSSR count). The molecule has 5 nitrogen and oxygen atoms in total. The van der Waals surface area contributed by atoms with Gasteiger partial charge in [0.15, 0.2) is 0 Å². The summed E-state index contributed by atoms with van der Waals surface area (Å²) in [7, 11) is 0. The summed E-state index contributed by atoms with van der Waals surface area (Å²) < 4.78 is 0. The molecule has 1 atom stereocenters. The van der Waals surface area contributed by atoms with Crippen molar-refractivity contribution >= 4 is 39.6 Å². The summed E-state index contributed by atoms with van der Waals surface area (Å²) in [6, 6.07) is 19.4. The molecule has 0 radical (unpaired) electrons. The number of benzene rings is 3. The lowest BCUT2D eigenvalue weighted by atomic mass is 10.1. The fourth-order valence-corrected chi connectivity index (χ4v) is 3.71. The van der Waals surface area contributed by atoms with Crippen molar-refractivity contribution in [2.75, 3.05) is 22.1 Å². The summed E-state index contributed by atoms with van der Waals surface area (Å²) in [6.45, 7) is 4.14. The van der Waals surface area contributed by atoms with Crippen molar-refractivity contribution in [2.45, 2.75) is 26.3 Å². The predicted molar refractivity (Wildman–Crippen MR) is 114 cm³/mol. The van der Waals surface area contributed by atoms with Gasteiger partial charge >= 0.3 is 0 Å². The highest BCUT2D eigenvalue weighted by molar-refractivity contribution is 6.04. The Labute approximate surface area is 164 Å². The summed E-state index contributed by atoms with van der Waals surface area (Å²) in [5.74, 6) is -0.0375. The van der Waals surface area contributed by atoms with Crippen LogP contribution in [0.5, 0.6) is 0 Å². The lowest BCUT2D eigenvalue weighted by Crippen LogP contribution is -2.32. The van der Waals surface area contributed by atoms with Crippen molar-refractivity contribution in [1.29, 1.82) is 0 Å². The zero-order valence-corrected chi connectivity index (χ0v) is 16.0. The number of hydrogen-bond donors (Lipinski definition) is 2. The summed E-state index contributed by atoms with van der Waals surface area (Å²) >= 11 is 0. The Balaban J connectivity index is 1.47. The molecule has 0 saturated heterocycles. The van der Waals surface area contributed by atoms with E-state index < -0.39 is 6.04 Å². The molecule has 2 N–H and O–H groups in total. The minimum atomic E-state index is -0.401. The van der Waals surface area contributed by atoms with E-state index in [0.29, 0.717) is 6.54 Å². The number of amides is 2. The van der Waals surface area contributed by atoms with Crippen molar-refractivity contribution in [2.24, 2.45) is 0 Å². The molecule has 5 heteroatoms. The van der Waals surface area contributed by atoms with Crippen LogP contribution in [-0.4, -0.2) is 24.4 Å². The van der Waals surface area contributed by atoms with Crippen LogP contribution in [0.3, 0.4) is 0 Å². The molecular formula is C23H23N3O2. The van der Waals surface area contributed by atoms with Crippen LogP contribution in [0.1, 0.15) is 19.4 Å². The van der Waals surface area contributed by atoms with Crippen LogP contribution in [-0.2, 0) is 16.0 Å². The molecule has 1 unspecified atom stereocenters. The zero-order valence-electron chi connectivity index (χ0n) is 16.0. The summed E-state index contributed by atoms with van der Waals surface area (Å²) in [5, 5.41) is 8.41. The molecule has 0 saturated carbocycles. The third-order valence-electron chi connectivity index (χ3n) is 5.18. The molecule has 142 valence electrons. The van der Waals surface area contributed by atoms with Crippen LogP contribution in [0.2, 0.25) is 0 Å². The van der Waals surface area contributed by atoms with Gasteiger partial charge in [-0.05, 0) is 48.6 Å². The van der Waals surface area contributed by atoms with Gasteiger partial charge in [-0.3, -0.25) is 9.59 Å². The van der Waals surface area contributed by atoms with Crippen molar-refractivity contribution in [3.05, 3.63) is 66.2 Å². The van der Waals surface area contributed by atoms with E-state index >= 15 is 0 Å². The molecule has 0 bridgehead atoms. The van der Waals surface area contributed by atoms with E-state index in [9.17, 15) is 9.59 Å². The third-order valence-corrected chi connectivity index (χ3v) is 5.18. The first-order chi connectivity index (χ1) is 13.5. The van der Waals surface area contributed by atoms with E-state index in [0.717, 1.165) is 39.8 Å². The Morgan fingerprint density at radius 2 is 1.82 bits per heavy atom. The maximum absolute atomic E-state index is 12.7. The monoisotopic (exact) mass is 373 g/mol. The number of nitrogens with one attached hydrogen (secondary N) is 2. The molecule has 0 fully saturated rings. The smallest absolute Gasteiger partial charge is 0.246 e. The van der Waals surface area contributed by atoms with Crippen LogP contribution in [0, 0.1) is 0 Å². The number of rotatable bonds is 4. The van der Waals surface area contributed by atoms with Gasteiger partial charge in [-0.1, -0.05) is 36.4 Å². The highest BCUT2D eigenvalue weighted by atomic mass is 16.2. The number of fused-ring (bicyclic) bond motifs is 2. The molecule has 1 heterocycles. The van der Waals surface area contributed by atoms with Gasteiger partial charge in [0, 0.05) is 35.9 Å². The first-order valence-corrected chi connectivity index (χ1v) is 9.49. The molecular weight excluding hydrogens is 350 g/mol. The number of anilines is 3. The van der Waals surface area contributed by atoms with E-state index in [1.54, 1.807) is 11.8 Å². The number of carbonyl (C=O) groups excluding carboxylic acids is 2. The first-order valence-electron chi connectivity index (χ1n) is 9.49. The Hall–Kier alpha value is -3.34. The van der Waals surface area contributed by atoms with Crippen molar-refractivity contribution in [1.82, 2.24) is 0 Å².